The van der Waals surface area contributed by atoms with Crippen molar-refractivity contribution >= 4 is 5.91 Å². The van der Waals surface area contributed by atoms with Crippen LogP contribution in [0.25, 0.3) is 0 Å². The molecule has 2 rings (SSSR count). The number of nitrogens with one attached hydrogen (secondary N) is 1. The van der Waals surface area contributed by atoms with Crippen LogP contribution in [0.5, 0.6) is 0 Å². The molecule has 2 aliphatic heterocycles. The third kappa shape index (κ3) is 2.32. The molecule has 2 aliphatic rings. The van der Waals surface area contributed by atoms with E-state index in [0.29, 0.717) is 6.61 Å². The number of carbonyl (C=O) groups excluding carboxylic acids is 1. The van der Waals surface area contributed by atoms with Gasteiger partial charge in [-0.15, -0.1) is 0 Å². The van der Waals surface area contributed by atoms with Crippen LogP contribution in [0.1, 0.15) is 26.7 Å². The normalized spacial score (nSPS) is 36.9. The summed E-state index contributed by atoms with van der Waals surface area (Å²) >= 11 is 0. The Balaban J connectivity index is 1.97. The van der Waals surface area contributed by atoms with Gasteiger partial charge in [0, 0.05) is 6.54 Å². The second-order valence-corrected chi connectivity index (χ2v) is 4.63. The molecule has 0 spiro atoms. The van der Waals surface area contributed by atoms with E-state index >= 15 is 0 Å². The largest absolute Gasteiger partial charge is 0.375 e. The number of carbonyl (C=O) groups is 1. The molecule has 3 atom stereocenters. The summed E-state index contributed by atoms with van der Waals surface area (Å²) in [6.45, 7) is 6.45. The van der Waals surface area contributed by atoms with E-state index in [1.807, 2.05) is 11.8 Å². The van der Waals surface area contributed by atoms with Crippen molar-refractivity contribution in [2.45, 2.75) is 44.9 Å². The maximum atomic E-state index is 12.2. The summed E-state index contributed by atoms with van der Waals surface area (Å²) in [5.41, 5.74) is 0. The Morgan fingerprint density at radius 3 is 2.93 bits per heavy atom. The number of nitrogens with zero attached hydrogens (tertiary/aromatic N) is 1. The lowest BCUT2D eigenvalue weighted by molar-refractivity contribution is -0.145. The first-order chi connectivity index (χ1) is 7.18. The third-order valence-corrected chi connectivity index (χ3v) is 3.25. The van der Waals surface area contributed by atoms with Gasteiger partial charge in [-0.2, -0.15) is 0 Å². The van der Waals surface area contributed by atoms with E-state index in [2.05, 4.69) is 12.2 Å². The molecule has 15 heavy (non-hydrogen) atoms. The van der Waals surface area contributed by atoms with Crippen molar-refractivity contribution in [3.63, 3.8) is 0 Å². The predicted octanol–water partition coefficient (Wildman–Crippen LogP) is 0.374. The number of amides is 1. The molecule has 1 N–H and O–H groups in total. The lowest BCUT2D eigenvalue weighted by atomic mass is 10.1. The van der Waals surface area contributed by atoms with Crippen LogP contribution < -0.4 is 5.32 Å². The molecule has 4 heteroatoms. The van der Waals surface area contributed by atoms with Gasteiger partial charge in [-0.3, -0.25) is 4.79 Å². The van der Waals surface area contributed by atoms with Gasteiger partial charge < -0.3 is 15.0 Å². The smallest absolute Gasteiger partial charge is 0.240 e. The zero-order valence-corrected chi connectivity index (χ0v) is 9.53. The van der Waals surface area contributed by atoms with E-state index in [1.165, 1.54) is 0 Å². The zero-order chi connectivity index (χ0) is 10.8. The number of hydrogen-bond acceptors (Lipinski definition) is 3. The average Bonchev–Trinajstić information content (AvgIpc) is 2.74. The minimum atomic E-state index is 0.0535. The van der Waals surface area contributed by atoms with Gasteiger partial charge in [-0.25, -0.2) is 0 Å². The number of rotatable bonds is 1. The highest BCUT2D eigenvalue weighted by Crippen LogP contribution is 2.16. The lowest BCUT2D eigenvalue weighted by Gasteiger charge is -2.38. The molecule has 86 valence electrons. The maximum Gasteiger partial charge on any atom is 0.240 e. The Hall–Kier alpha value is -0.610. The van der Waals surface area contributed by atoms with E-state index in [1.54, 1.807) is 0 Å². The van der Waals surface area contributed by atoms with Gasteiger partial charge in [0.2, 0.25) is 5.91 Å². The Bertz CT molecular complexity index is 239. The van der Waals surface area contributed by atoms with Crippen LogP contribution in [0.15, 0.2) is 0 Å². The highest BCUT2D eigenvalue weighted by molar-refractivity contribution is 5.82. The molecule has 4 nitrogen and oxygen atoms in total. The molecular formula is C11H20N2O2. The second-order valence-electron chi connectivity index (χ2n) is 4.63. The summed E-state index contributed by atoms with van der Waals surface area (Å²) in [4.78, 5) is 14.1. The topological polar surface area (TPSA) is 41.6 Å². The molecule has 0 bridgehead atoms. The van der Waals surface area contributed by atoms with Gasteiger partial charge in [0.1, 0.15) is 0 Å². The van der Waals surface area contributed by atoms with Gasteiger partial charge in [-0.05, 0) is 33.2 Å². The van der Waals surface area contributed by atoms with E-state index in [9.17, 15) is 4.79 Å². The lowest BCUT2D eigenvalue weighted by Crippen LogP contribution is -2.54. The quantitative estimate of drug-likeness (QED) is 0.683. The third-order valence-electron chi connectivity index (χ3n) is 3.25. The van der Waals surface area contributed by atoms with Crippen LogP contribution >= 0.6 is 0 Å². The highest BCUT2D eigenvalue weighted by atomic mass is 16.5. The highest BCUT2D eigenvalue weighted by Gasteiger charge is 2.33. The molecule has 2 heterocycles. The number of hydrogen-bond donors (Lipinski definition) is 1. The summed E-state index contributed by atoms with van der Waals surface area (Å²) in [5.74, 6) is 0.259. The molecule has 0 aromatic carbocycles. The average molecular weight is 212 g/mol. The van der Waals surface area contributed by atoms with Crippen molar-refractivity contribution in [2.24, 2.45) is 0 Å². The van der Waals surface area contributed by atoms with Crippen LogP contribution in [0.2, 0.25) is 0 Å². The number of morpholine rings is 1. The molecule has 0 radical (unpaired) electrons. The summed E-state index contributed by atoms with van der Waals surface area (Å²) in [6, 6.07) is 0.272. The molecule has 2 saturated heterocycles. The first-order valence-corrected chi connectivity index (χ1v) is 5.84. The van der Waals surface area contributed by atoms with Crippen molar-refractivity contribution in [1.82, 2.24) is 10.2 Å². The van der Waals surface area contributed by atoms with Crippen LogP contribution in [0, 0.1) is 0 Å². The Morgan fingerprint density at radius 2 is 2.27 bits per heavy atom. The summed E-state index contributed by atoms with van der Waals surface area (Å²) in [5, 5.41) is 3.26. The minimum Gasteiger partial charge on any atom is -0.375 e. The molecule has 0 aromatic heterocycles. The number of ether oxygens (including phenoxy) is 1. The summed E-state index contributed by atoms with van der Waals surface area (Å²) in [7, 11) is 0. The molecule has 2 fully saturated rings. The minimum absolute atomic E-state index is 0.0535. The Labute approximate surface area is 91.0 Å². The monoisotopic (exact) mass is 212 g/mol. The first-order valence-electron chi connectivity index (χ1n) is 5.84. The van der Waals surface area contributed by atoms with Crippen LogP contribution in [0.3, 0.4) is 0 Å². The zero-order valence-electron chi connectivity index (χ0n) is 9.53. The standard InChI is InChI=1S/C11H20N2O2/c1-8-7-15-9(2)6-13(8)11(14)10-4-3-5-12-10/h8-10,12H,3-7H2,1-2H3/t8?,9?,10-/m0/s1. The van der Waals surface area contributed by atoms with Crippen molar-refractivity contribution in [2.75, 3.05) is 19.7 Å². The van der Waals surface area contributed by atoms with Crippen molar-refractivity contribution in [3.05, 3.63) is 0 Å². The van der Waals surface area contributed by atoms with Gasteiger partial charge in [0.15, 0.2) is 0 Å². The van der Waals surface area contributed by atoms with Gasteiger partial charge in [-0.1, -0.05) is 0 Å². The maximum absolute atomic E-state index is 12.2. The molecule has 1 amide bonds. The Morgan fingerprint density at radius 1 is 1.47 bits per heavy atom. The second kappa shape index (κ2) is 4.49. The Kier molecular flexibility index (Phi) is 3.26. The summed E-state index contributed by atoms with van der Waals surface area (Å²) in [6.07, 6.45) is 2.27. The van der Waals surface area contributed by atoms with E-state index in [0.717, 1.165) is 25.9 Å². The van der Waals surface area contributed by atoms with Gasteiger partial charge in [0.05, 0.1) is 24.8 Å². The van der Waals surface area contributed by atoms with Crippen LogP contribution in [0.4, 0.5) is 0 Å². The van der Waals surface area contributed by atoms with Crippen LogP contribution in [-0.2, 0) is 9.53 Å². The fourth-order valence-electron chi connectivity index (χ4n) is 2.31. The van der Waals surface area contributed by atoms with E-state index in [-0.39, 0.29) is 24.1 Å². The predicted molar refractivity (Wildman–Crippen MR) is 57.6 cm³/mol. The van der Waals surface area contributed by atoms with Gasteiger partial charge in [0.25, 0.3) is 0 Å². The fourth-order valence-corrected chi connectivity index (χ4v) is 2.31. The van der Waals surface area contributed by atoms with Crippen molar-refractivity contribution in [1.29, 1.82) is 0 Å². The van der Waals surface area contributed by atoms with Crippen molar-refractivity contribution in [3.8, 4) is 0 Å². The van der Waals surface area contributed by atoms with E-state index < -0.39 is 0 Å². The van der Waals surface area contributed by atoms with Crippen molar-refractivity contribution < 1.29 is 9.53 Å². The first kappa shape index (κ1) is 10.9. The van der Waals surface area contributed by atoms with E-state index in [4.69, 9.17) is 4.74 Å². The molecule has 2 unspecified atom stereocenters. The molecule has 0 aromatic rings. The van der Waals surface area contributed by atoms with Gasteiger partial charge >= 0.3 is 0 Å². The molecular weight excluding hydrogens is 192 g/mol. The SMILES string of the molecule is CC1CN(C(=O)[C@@H]2CCCN2)C(C)CO1. The van der Waals surface area contributed by atoms with Crippen LogP contribution in [-0.4, -0.2) is 48.7 Å². The summed E-state index contributed by atoms with van der Waals surface area (Å²) < 4.78 is 5.52. The molecule has 0 aliphatic carbocycles. The molecule has 0 saturated carbocycles. The fraction of sp³-hybridized carbons (Fsp3) is 0.909.